The minimum atomic E-state index is -0.464. The van der Waals surface area contributed by atoms with Crippen LogP contribution < -0.4 is 0 Å². The maximum absolute atomic E-state index is 11.7. The molecule has 1 aliphatic rings. The van der Waals surface area contributed by atoms with Crippen LogP contribution in [-0.2, 0) is 4.79 Å². The van der Waals surface area contributed by atoms with E-state index in [9.17, 15) is 9.18 Å². The van der Waals surface area contributed by atoms with Gasteiger partial charge in [-0.05, 0) is 18.8 Å². The predicted octanol–water partition coefficient (Wildman–Crippen LogP) is 1.18. The van der Waals surface area contributed by atoms with Crippen molar-refractivity contribution < 1.29 is 9.18 Å². The molecule has 1 aliphatic carbocycles. The first-order valence-electron chi connectivity index (χ1n) is 2.89. The van der Waals surface area contributed by atoms with Gasteiger partial charge in [0, 0.05) is 5.92 Å². The molecule has 0 amide bonds. The summed E-state index contributed by atoms with van der Waals surface area (Å²) in [5.41, 5.74) is 0. The van der Waals surface area contributed by atoms with Crippen LogP contribution in [0.3, 0.4) is 0 Å². The Kier molecular flexibility index (Phi) is 1.61. The Morgan fingerprint density at radius 1 is 1.75 bits per heavy atom. The molecule has 0 radical (unpaired) electrons. The fourth-order valence-corrected chi connectivity index (χ4v) is 0.798. The number of carbonyl (C=O) groups is 1. The van der Waals surface area contributed by atoms with Crippen molar-refractivity contribution in [2.24, 2.45) is 11.8 Å². The molecule has 0 N–H and O–H groups in total. The molecular weight excluding hydrogens is 107 g/mol. The third kappa shape index (κ3) is 1.05. The molecule has 1 unspecified atom stereocenters. The van der Waals surface area contributed by atoms with Crippen LogP contribution in [-0.4, -0.2) is 13.0 Å². The van der Waals surface area contributed by atoms with Gasteiger partial charge < -0.3 is 4.79 Å². The highest BCUT2D eigenvalue weighted by Crippen LogP contribution is 2.35. The highest BCUT2D eigenvalue weighted by Gasteiger charge is 2.30. The molecule has 1 rings (SSSR count). The van der Waals surface area contributed by atoms with E-state index in [1.165, 1.54) is 0 Å². The van der Waals surface area contributed by atoms with E-state index in [1.54, 1.807) is 0 Å². The Hall–Kier alpha value is -0.400. The number of rotatable bonds is 3. The minimum Gasteiger partial charge on any atom is -0.303 e. The lowest BCUT2D eigenvalue weighted by Crippen LogP contribution is -2.05. The quantitative estimate of drug-likeness (QED) is 0.506. The fraction of sp³-hybridized carbons (Fsp3) is 0.833. The normalized spacial score (nSPS) is 22.6. The molecule has 0 spiro atoms. The zero-order valence-corrected chi connectivity index (χ0v) is 4.64. The first-order chi connectivity index (χ1) is 3.88. The molecular formula is C6H9FO. The summed E-state index contributed by atoms with van der Waals surface area (Å²) in [5.74, 6) is 0.104. The van der Waals surface area contributed by atoms with Crippen LogP contribution in [0.1, 0.15) is 12.8 Å². The molecule has 1 saturated carbocycles. The van der Waals surface area contributed by atoms with Crippen LogP contribution >= 0.6 is 0 Å². The Balaban J connectivity index is 2.25. The molecule has 1 nitrogen and oxygen atoms in total. The van der Waals surface area contributed by atoms with Crippen molar-refractivity contribution in [3.8, 4) is 0 Å². The van der Waals surface area contributed by atoms with Gasteiger partial charge >= 0.3 is 0 Å². The van der Waals surface area contributed by atoms with Gasteiger partial charge in [-0.3, -0.25) is 4.39 Å². The third-order valence-corrected chi connectivity index (χ3v) is 1.58. The van der Waals surface area contributed by atoms with E-state index in [1.807, 2.05) is 0 Å². The van der Waals surface area contributed by atoms with Crippen LogP contribution in [0, 0.1) is 11.8 Å². The summed E-state index contributed by atoms with van der Waals surface area (Å²) in [4.78, 5) is 9.98. The first kappa shape index (κ1) is 5.73. The summed E-state index contributed by atoms with van der Waals surface area (Å²) in [6.07, 6.45) is 2.83. The maximum atomic E-state index is 11.7. The molecule has 0 bridgehead atoms. The molecule has 1 fully saturated rings. The van der Waals surface area contributed by atoms with Gasteiger partial charge in [-0.15, -0.1) is 0 Å². The van der Waals surface area contributed by atoms with E-state index in [0.29, 0.717) is 5.92 Å². The van der Waals surface area contributed by atoms with Gasteiger partial charge in [-0.25, -0.2) is 0 Å². The second-order valence-electron chi connectivity index (χ2n) is 2.29. The molecule has 0 aromatic carbocycles. The van der Waals surface area contributed by atoms with Gasteiger partial charge in [0.2, 0.25) is 0 Å². The number of alkyl halides is 1. The Labute approximate surface area is 47.9 Å². The van der Waals surface area contributed by atoms with Crippen molar-refractivity contribution >= 4 is 6.29 Å². The molecule has 0 aliphatic heterocycles. The summed E-state index contributed by atoms with van der Waals surface area (Å²) < 4.78 is 11.7. The van der Waals surface area contributed by atoms with Crippen molar-refractivity contribution in [2.75, 3.05) is 6.67 Å². The summed E-state index contributed by atoms with van der Waals surface area (Å²) in [5, 5.41) is 0. The highest BCUT2D eigenvalue weighted by atomic mass is 19.1. The molecule has 1 atom stereocenters. The van der Waals surface area contributed by atoms with Crippen LogP contribution in [0.5, 0.6) is 0 Å². The molecule has 0 saturated heterocycles. The topological polar surface area (TPSA) is 17.1 Å². The molecule has 46 valence electrons. The molecule has 0 aromatic rings. The smallest absolute Gasteiger partial charge is 0.125 e. The van der Waals surface area contributed by atoms with Crippen LogP contribution in [0.4, 0.5) is 4.39 Å². The number of carbonyl (C=O) groups excluding carboxylic acids is 1. The zero-order chi connectivity index (χ0) is 5.98. The van der Waals surface area contributed by atoms with Crippen molar-refractivity contribution in [3.63, 3.8) is 0 Å². The SMILES string of the molecule is O=CC(CF)C1CC1. The Bertz CT molecular complexity index is 88.5. The minimum absolute atomic E-state index is 0.282. The first-order valence-corrected chi connectivity index (χ1v) is 2.89. The van der Waals surface area contributed by atoms with E-state index >= 15 is 0 Å². The standard InChI is InChI=1S/C6H9FO/c7-3-6(4-8)5-1-2-5/h4-6H,1-3H2. The summed E-state index contributed by atoms with van der Waals surface area (Å²) in [6, 6.07) is 0. The highest BCUT2D eigenvalue weighted by molar-refractivity contribution is 5.54. The number of aldehydes is 1. The lowest BCUT2D eigenvalue weighted by Gasteiger charge is -1.97. The van der Waals surface area contributed by atoms with Gasteiger partial charge in [0.25, 0.3) is 0 Å². The molecule has 8 heavy (non-hydrogen) atoms. The van der Waals surface area contributed by atoms with Crippen molar-refractivity contribution in [1.29, 1.82) is 0 Å². The maximum Gasteiger partial charge on any atom is 0.125 e. The zero-order valence-electron chi connectivity index (χ0n) is 4.64. The van der Waals surface area contributed by atoms with Gasteiger partial charge in [0.1, 0.15) is 6.29 Å². The summed E-state index contributed by atoms with van der Waals surface area (Å²) in [6.45, 7) is -0.464. The van der Waals surface area contributed by atoms with E-state index in [-0.39, 0.29) is 5.92 Å². The molecule has 0 heterocycles. The van der Waals surface area contributed by atoms with Crippen molar-refractivity contribution in [2.45, 2.75) is 12.8 Å². The average Bonchev–Trinajstić information content (AvgIpc) is 2.53. The number of halogens is 1. The van der Waals surface area contributed by atoms with E-state index in [0.717, 1.165) is 19.1 Å². The average molecular weight is 116 g/mol. The predicted molar refractivity (Wildman–Crippen MR) is 28.3 cm³/mol. The fourth-order valence-electron chi connectivity index (χ4n) is 0.798. The monoisotopic (exact) mass is 116 g/mol. The van der Waals surface area contributed by atoms with E-state index < -0.39 is 6.67 Å². The number of hydrogen-bond donors (Lipinski definition) is 0. The largest absolute Gasteiger partial charge is 0.303 e. The Morgan fingerprint density at radius 2 is 2.38 bits per heavy atom. The second kappa shape index (κ2) is 2.25. The van der Waals surface area contributed by atoms with Gasteiger partial charge in [0.05, 0.1) is 6.67 Å². The summed E-state index contributed by atoms with van der Waals surface area (Å²) >= 11 is 0. The van der Waals surface area contributed by atoms with Crippen LogP contribution in [0.15, 0.2) is 0 Å². The van der Waals surface area contributed by atoms with E-state index in [4.69, 9.17) is 0 Å². The second-order valence-corrected chi connectivity index (χ2v) is 2.29. The molecule has 0 aromatic heterocycles. The lowest BCUT2D eigenvalue weighted by molar-refractivity contribution is -0.112. The lowest BCUT2D eigenvalue weighted by atomic mass is 10.1. The Morgan fingerprint density at radius 3 is 2.50 bits per heavy atom. The van der Waals surface area contributed by atoms with Crippen LogP contribution in [0.2, 0.25) is 0 Å². The van der Waals surface area contributed by atoms with Crippen molar-refractivity contribution in [3.05, 3.63) is 0 Å². The van der Waals surface area contributed by atoms with E-state index in [2.05, 4.69) is 0 Å². The van der Waals surface area contributed by atoms with Gasteiger partial charge in [0.15, 0.2) is 0 Å². The van der Waals surface area contributed by atoms with Crippen LogP contribution in [0.25, 0.3) is 0 Å². The van der Waals surface area contributed by atoms with Gasteiger partial charge in [-0.2, -0.15) is 0 Å². The molecule has 2 heteroatoms. The third-order valence-electron chi connectivity index (χ3n) is 1.58. The van der Waals surface area contributed by atoms with Crippen molar-refractivity contribution in [1.82, 2.24) is 0 Å². The summed E-state index contributed by atoms with van der Waals surface area (Å²) in [7, 11) is 0. The van der Waals surface area contributed by atoms with Gasteiger partial charge in [-0.1, -0.05) is 0 Å². The number of hydrogen-bond acceptors (Lipinski definition) is 1.